The van der Waals surface area contributed by atoms with Gasteiger partial charge in [0.05, 0.1) is 12.1 Å². The summed E-state index contributed by atoms with van der Waals surface area (Å²) >= 11 is 0. The standard InChI is InChI=1S/C46H68N11O19P/c1-24(38(64)49-22-36(62)63)50-40(66)29(15-17-35(60)61)52-42(68)32-12-7-19-56(32)45(71)30(21-26-9-4-3-5-10-26)53-44(70)37(25(2)58)55-43(69)33-13-8-20-57(33)46(72)31(23-76-77(73,74)75)54-41(67)28(14-16-34(47)59)51-39(65)27-11-6-18-48-27/h3-5,9-10,24-25,27-33,37,48,58,73-75H,6-8,11-23H2,1-2H3,(H10-,47,49,50,51,52,53,54,55,59,60,61,62,63,64,65,66,67,68,69,70)/p+1/t24-,25+,27-,28-,29-,30-,31-,32-,33-,37-/m0/s1. The van der Waals surface area contributed by atoms with Crippen molar-refractivity contribution < 1.29 is 92.1 Å². The lowest BCUT2D eigenvalue weighted by Crippen LogP contribution is -2.62. The van der Waals surface area contributed by atoms with Crippen LogP contribution in [0.4, 0.5) is 0 Å². The third-order valence-electron chi connectivity index (χ3n) is 12.8. The molecule has 31 heteroatoms. The van der Waals surface area contributed by atoms with Crippen molar-refractivity contribution in [3.63, 3.8) is 0 Å². The average Bonchev–Trinajstić information content (AvgIpc) is 4.19. The molecule has 1 aromatic rings. The van der Waals surface area contributed by atoms with Gasteiger partial charge in [-0.25, -0.2) is 0 Å². The van der Waals surface area contributed by atoms with Crippen molar-refractivity contribution in [2.75, 3.05) is 32.8 Å². The van der Waals surface area contributed by atoms with E-state index in [0.29, 0.717) is 24.9 Å². The number of nitrogens with one attached hydrogen (secondary N) is 8. The van der Waals surface area contributed by atoms with Gasteiger partial charge in [-0.1, -0.05) is 30.3 Å². The van der Waals surface area contributed by atoms with Gasteiger partial charge in [-0.2, -0.15) is 19.2 Å². The van der Waals surface area contributed by atoms with E-state index in [1.54, 1.807) is 30.3 Å². The van der Waals surface area contributed by atoms with Gasteiger partial charge in [-0.05, 0) is 77.3 Å². The Balaban J connectivity index is 1.53. The van der Waals surface area contributed by atoms with Gasteiger partial charge in [-0.15, -0.1) is 0 Å². The summed E-state index contributed by atoms with van der Waals surface area (Å²) in [6, 6.07) is -4.51. The molecule has 4 rings (SSSR count). The molecule has 0 aliphatic carbocycles. The summed E-state index contributed by atoms with van der Waals surface area (Å²) in [7, 11) is -5.05. The van der Waals surface area contributed by atoms with Crippen molar-refractivity contribution in [2.45, 2.75) is 145 Å². The maximum absolute atomic E-state index is 14.5. The number of carbonyl (C=O) groups excluding carboxylic acids is 10. The van der Waals surface area contributed by atoms with E-state index in [9.17, 15) is 82.4 Å². The molecule has 3 heterocycles. The maximum atomic E-state index is 14.5. The molecule has 3 saturated heterocycles. The molecule has 3 aliphatic heterocycles. The average molecular weight is 1110 g/mol. The van der Waals surface area contributed by atoms with E-state index in [-0.39, 0.29) is 58.0 Å². The molecule has 0 unspecified atom stereocenters. The molecule has 0 spiro atoms. The van der Waals surface area contributed by atoms with Crippen LogP contribution in [0.1, 0.15) is 83.6 Å². The number of carboxylic acids is 2. The van der Waals surface area contributed by atoms with E-state index in [1.807, 2.05) is 0 Å². The van der Waals surface area contributed by atoms with E-state index < -0.39 is 166 Å². The monoisotopic (exact) mass is 1110 g/mol. The van der Waals surface area contributed by atoms with Gasteiger partial charge in [0.1, 0.15) is 61.5 Å². The van der Waals surface area contributed by atoms with Crippen LogP contribution in [0.25, 0.3) is 0 Å². The van der Waals surface area contributed by atoms with Gasteiger partial charge in [-0.3, -0.25) is 57.5 Å². The minimum atomic E-state index is -5.05. The number of hydrogen-bond donors (Lipinski definition) is 15. The number of nitrogens with two attached hydrogens (primary N) is 1. The molecule has 0 saturated carbocycles. The number of rotatable bonds is 29. The largest absolute Gasteiger partial charge is 0.567 e. The first-order valence-electron chi connectivity index (χ1n) is 24.9. The zero-order chi connectivity index (χ0) is 57.1. The highest BCUT2D eigenvalue weighted by Gasteiger charge is 2.45. The van der Waals surface area contributed by atoms with Gasteiger partial charge in [0, 0.05) is 32.4 Å². The molecule has 3 aliphatic rings. The zero-order valence-electron chi connectivity index (χ0n) is 42.4. The molecule has 10 atom stereocenters. The van der Waals surface area contributed by atoms with E-state index in [0.717, 1.165) is 16.7 Å². The van der Waals surface area contributed by atoms with Crippen LogP contribution in [0.3, 0.4) is 0 Å². The second-order valence-electron chi connectivity index (χ2n) is 18.8. The number of aliphatic carboxylic acids is 2. The summed E-state index contributed by atoms with van der Waals surface area (Å²) in [4.78, 5) is 188. The van der Waals surface area contributed by atoms with Crippen LogP contribution in [0.2, 0.25) is 0 Å². The molecule has 10 amide bonds. The topological polar surface area (TPSA) is 464 Å². The lowest BCUT2D eigenvalue weighted by atomic mass is 10.0. The third kappa shape index (κ3) is 19.9. The normalized spacial score (nSPS) is 19.9. The summed E-state index contributed by atoms with van der Waals surface area (Å²) in [5.74, 6) is -11.8. The number of aliphatic hydroxyl groups excluding tert-OH is 1. The number of benzene rings is 1. The number of primary amides is 1. The van der Waals surface area contributed by atoms with Crippen molar-refractivity contribution in [2.24, 2.45) is 5.73 Å². The summed E-state index contributed by atoms with van der Waals surface area (Å²) in [6.07, 6.45) is -2.04. The fourth-order valence-electron chi connectivity index (χ4n) is 8.83. The van der Waals surface area contributed by atoms with E-state index in [4.69, 9.17) is 15.4 Å². The summed E-state index contributed by atoms with van der Waals surface area (Å²) < 4.78 is 4.71. The Morgan fingerprint density at radius 1 is 0.662 bits per heavy atom. The first-order valence-corrected chi connectivity index (χ1v) is 26.4. The Labute approximate surface area is 442 Å². The fraction of sp³-hybridized carbons (Fsp3) is 0.609. The van der Waals surface area contributed by atoms with Crippen LogP contribution >= 0.6 is 8.17 Å². The van der Waals surface area contributed by atoms with Crippen LogP contribution in [0.15, 0.2) is 30.3 Å². The number of hydrogen-bond acceptors (Lipinski definition) is 18. The highest BCUT2D eigenvalue weighted by molar-refractivity contribution is 7.53. The molecule has 0 radical (unpaired) electrons. The number of carboxylic acid groups (broad SMARTS) is 2. The number of amides is 10. The lowest BCUT2D eigenvalue weighted by molar-refractivity contribution is -0.144. The smallest absolute Gasteiger partial charge is 0.481 e. The summed E-state index contributed by atoms with van der Waals surface area (Å²) in [5, 5.41) is 48.8. The molecule has 426 valence electrons. The van der Waals surface area contributed by atoms with Crippen LogP contribution in [0, 0.1) is 0 Å². The number of likely N-dealkylation sites (tertiary alicyclic amines) is 2. The maximum Gasteiger partial charge on any atom is 0.567 e. The van der Waals surface area contributed by atoms with Crippen molar-refractivity contribution in [3.8, 4) is 0 Å². The second kappa shape index (κ2) is 29.5. The highest BCUT2D eigenvalue weighted by atomic mass is 31.2. The lowest BCUT2D eigenvalue weighted by Gasteiger charge is -2.32. The minimum absolute atomic E-state index is 0.0300. The first kappa shape index (κ1) is 62.6. The van der Waals surface area contributed by atoms with Crippen molar-refractivity contribution in [3.05, 3.63) is 35.9 Å². The minimum Gasteiger partial charge on any atom is -0.481 e. The van der Waals surface area contributed by atoms with Gasteiger partial charge in [0.15, 0.2) is 0 Å². The van der Waals surface area contributed by atoms with Crippen molar-refractivity contribution in [1.82, 2.24) is 52.3 Å². The predicted octanol–water partition coefficient (Wildman–Crippen LogP) is -5.73. The molecule has 1 aromatic carbocycles. The second-order valence-corrected chi connectivity index (χ2v) is 20.1. The van der Waals surface area contributed by atoms with Crippen molar-refractivity contribution in [1.29, 1.82) is 0 Å². The van der Waals surface area contributed by atoms with E-state index in [1.165, 1.54) is 6.92 Å². The molecule has 3 fully saturated rings. The molecular formula is C46H69N11O19P+. The molecule has 77 heavy (non-hydrogen) atoms. The van der Waals surface area contributed by atoms with E-state index >= 15 is 0 Å². The van der Waals surface area contributed by atoms with Gasteiger partial charge in [0.2, 0.25) is 59.1 Å². The Morgan fingerprint density at radius 2 is 1.21 bits per heavy atom. The molecule has 16 N–H and O–H groups in total. The number of nitrogens with zero attached hydrogens (tertiary/aromatic N) is 2. The molecule has 30 nitrogen and oxygen atoms in total. The fourth-order valence-corrected chi connectivity index (χ4v) is 9.18. The van der Waals surface area contributed by atoms with Gasteiger partial charge < -0.3 is 73.4 Å². The SMILES string of the molecule is C[C@H](NC(=O)[C@H](CCC(=O)O)NC(=O)[C@@H]1CCCN1C(=O)[C@H](Cc1ccccc1)NC(=O)[C@@H](NC(=O)[C@@H]1CCCN1C(=O)[C@H](CO[P+](O)(O)O)NC(=O)[C@H](CCC(N)=O)NC(=O)[C@@H]1CCCN1)[C@@H](C)O)C(=O)NCC(=O)O. The quantitative estimate of drug-likeness (QED) is 0.0332. The van der Waals surface area contributed by atoms with Crippen LogP contribution in [0.5, 0.6) is 0 Å². The Morgan fingerprint density at radius 3 is 1.74 bits per heavy atom. The highest BCUT2D eigenvalue weighted by Crippen LogP contribution is 2.45. The summed E-state index contributed by atoms with van der Waals surface area (Å²) in [5.41, 5.74) is 5.83. The van der Waals surface area contributed by atoms with E-state index in [2.05, 4.69) is 42.5 Å². The Bertz CT molecular complexity index is 2320. The van der Waals surface area contributed by atoms with Gasteiger partial charge in [0.25, 0.3) is 0 Å². The summed E-state index contributed by atoms with van der Waals surface area (Å²) in [6.45, 7) is 0.918. The first-order chi connectivity index (χ1) is 36.3. The van der Waals surface area contributed by atoms with Gasteiger partial charge >= 0.3 is 20.1 Å². The van der Waals surface area contributed by atoms with Crippen LogP contribution in [-0.4, -0.2) is 204 Å². The number of carbonyl (C=O) groups is 12. The number of aliphatic hydroxyl groups is 1. The Kier molecular flexibility index (Phi) is 24.0. The molecule has 0 bridgehead atoms. The zero-order valence-corrected chi connectivity index (χ0v) is 43.3. The predicted molar refractivity (Wildman–Crippen MR) is 265 cm³/mol. The van der Waals surface area contributed by atoms with Crippen LogP contribution in [-0.2, 0) is 68.5 Å². The molecule has 0 aromatic heterocycles. The third-order valence-corrected chi connectivity index (χ3v) is 13.3. The Hall–Kier alpha value is -6.95. The van der Waals surface area contributed by atoms with Crippen LogP contribution < -0.4 is 48.3 Å². The molecular weight excluding hydrogens is 1040 g/mol. The van der Waals surface area contributed by atoms with Crippen molar-refractivity contribution >= 4 is 79.2 Å².